The number of anilines is 1. The number of aryl methyl sites for hydroxylation is 1. The molecule has 0 aliphatic heterocycles. The molecule has 2 aromatic carbocycles. The molecule has 0 saturated carbocycles. The number of hydrogen-bond donors (Lipinski definition) is 1. The lowest BCUT2D eigenvalue weighted by atomic mass is 10.2. The highest BCUT2D eigenvalue weighted by atomic mass is 35.5. The molecule has 0 saturated heterocycles. The molecule has 8 heteroatoms. The largest absolute Gasteiger partial charge is 0.482 e. The normalized spacial score (nSPS) is 9.88. The van der Waals surface area contributed by atoms with Crippen molar-refractivity contribution in [2.45, 2.75) is 6.92 Å². The van der Waals surface area contributed by atoms with E-state index in [-0.39, 0.29) is 23.1 Å². The Labute approximate surface area is 142 Å². The Bertz CT molecular complexity index is 846. The summed E-state index contributed by atoms with van der Waals surface area (Å²) in [6, 6.07) is 10.6. The van der Waals surface area contributed by atoms with Crippen LogP contribution < -0.4 is 10.1 Å². The second-order valence-corrected chi connectivity index (χ2v) is 5.26. The zero-order valence-corrected chi connectivity index (χ0v) is 13.3. The Balaban J connectivity index is 2.03. The standard InChI is InChI=1S/C16H12ClN3O4/c1-10-2-4-12(20(22)23)7-14(10)19-16(21)9-24-15-5-3-11(8-18)6-13(15)17/h2-7H,9H2,1H3,(H,19,21). The Morgan fingerprint density at radius 2 is 2.12 bits per heavy atom. The Hall–Kier alpha value is -3.11. The van der Waals surface area contributed by atoms with E-state index in [1.165, 1.54) is 30.3 Å². The molecule has 122 valence electrons. The van der Waals surface area contributed by atoms with Crippen molar-refractivity contribution in [1.29, 1.82) is 5.26 Å². The maximum absolute atomic E-state index is 12.0. The van der Waals surface area contributed by atoms with Crippen LogP contribution in [0.5, 0.6) is 5.75 Å². The third-order valence-electron chi connectivity index (χ3n) is 3.13. The number of nitriles is 1. The maximum Gasteiger partial charge on any atom is 0.271 e. The molecule has 0 spiro atoms. The number of nitrogens with zero attached hydrogens (tertiary/aromatic N) is 2. The number of carbonyl (C=O) groups excluding carboxylic acids is 1. The molecule has 0 aliphatic rings. The van der Waals surface area contributed by atoms with Gasteiger partial charge in [0.15, 0.2) is 6.61 Å². The van der Waals surface area contributed by atoms with Crippen LogP contribution in [-0.4, -0.2) is 17.4 Å². The van der Waals surface area contributed by atoms with Crippen LogP contribution in [0.4, 0.5) is 11.4 Å². The molecule has 0 atom stereocenters. The SMILES string of the molecule is Cc1ccc([N+](=O)[O-])cc1NC(=O)COc1ccc(C#N)cc1Cl. The van der Waals surface area contributed by atoms with E-state index in [0.29, 0.717) is 16.8 Å². The van der Waals surface area contributed by atoms with E-state index in [9.17, 15) is 14.9 Å². The Morgan fingerprint density at radius 1 is 1.38 bits per heavy atom. The molecule has 0 aliphatic carbocycles. The van der Waals surface area contributed by atoms with Gasteiger partial charge in [0, 0.05) is 12.1 Å². The fraction of sp³-hybridized carbons (Fsp3) is 0.125. The summed E-state index contributed by atoms with van der Waals surface area (Å²) in [4.78, 5) is 22.2. The molecule has 24 heavy (non-hydrogen) atoms. The zero-order valence-electron chi connectivity index (χ0n) is 12.6. The minimum Gasteiger partial charge on any atom is -0.482 e. The summed E-state index contributed by atoms with van der Waals surface area (Å²) >= 11 is 5.95. The summed E-state index contributed by atoms with van der Waals surface area (Å²) in [5, 5.41) is 22.3. The van der Waals surface area contributed by atoms with Gasteiger partial charge in [-0.25, -0.2) is 0 Å². The van der Waals surface area contributed by atoms with E-state index in [1.807, 2.05) is 6.07 Å². The zero-order chi connectivity index (χ0) is 17.7. The third kappa shape index (κ3) is 4.21. The highest BCUT2D eigenvalue weighted by molar-refractivity contribution is 6.32. The van der Waals surface area contributed by atoms with Crippen molar-refractivity contribution in [3.05, 3.63) is 62.7 Å². The number of amides is 1. The van der Waals surface area contributed by atoms with Crippen molar-refractivity contribution in [2.24, 2.45) is 0 Å². The fourth-order valence-corrected chi connectivity index (χ4v) is 2.11. The van der Waals surface area contributed by atoms with E-state index in [4.69, 9.17) is 21.6 Å². The van der Waals surface area contributed by atoms with Crippen LogP contribution in [0.2, 0.25) is 5.02 Å². The molecule has 1 N–H and O–H groups in total. The van der Waals surface area contributed by atoms with Crippen LogP contribution in [0.3, 0.4) is 0 Å². The highest BCUT2D eigenvalue weighted by Crippen LogP contribution is 2.25. The van der Waals surface area contributed by atoms with Gasteiger partial charge >= 0.3 is 0 Å². The van der Waals surface area contributed by atoms with Crippen LogP contribution in [0.25, 0.3) is 0 Å². The number of nitro groups is 1. The van der Waals surface area contributed by atoms with Gasteiger partial charge in [-0.05, 0) is 30.7 Å². The van der Waals surface area contributed by atoms with Gasteiger partial charge in [0.25, 0.3) is 11.6 Å². The van der Waals surface area contributed by atoms with E-state index in [1.54, 1.807) is 13.0 Å². The van der Waals surface area contributed by atoms with Crippen molar-refractivity contribution in [3.8, 4) is 11.8 Å². The summed E-state index contributed by atoms with van der Waals surface area (Å²) in [7, 11) is 0. The molecule has 0 heterocycles. The van der Waals surface area contributed by atoms with Crippen LogP contribution in [0.1, 0.15) is 11.1 Å². The number of carbonyl (C=O) groups is 1. The predicted molar refractivity (Wildman–Crippen MR) is 88.1 cm³/mol. The Morgan fingerprint density at radius 3 is 2.75 bits per heavy atom. The number of ether oxygens (including phenoxy) is 1. The Kier molecular flexibility index (Phi) is 5.35. The van der Waals surface area contributed by atoms with Gasteiger partial charge in [0.1, 0.15) is 5.75 Å². The quantitative estimate of drug-likeness (QED) is 0.660. The molecule has 7 nitrogen and oxygen atoms in total. The van der Waals surface area contributed by atoms with Gasteiger partial charge in [-0.15, -0.1) is 0 Å². The van der Waals surface area contributed by atoms with Gasteiger partial charge in [-0.3, -0.25) is 14.9 Å². The lowest BCUT2D eigenvalue weighted by Crippen LogP contribution is -2.20. The first-order chi connectivity index (χ1) is 11.4. The number of rotatable bonds is 5. The van der Waals surface area contributed by atoms with Gasteiger partial charge in [0.05, 0.1) is 27.3 Å². The molecular formula is C16H12ClN3O4. The molecule has 0 radical (unpaired) electrons. The predicted octanol–water partition coefficient (Wildman–Crippen LogP) is 3.45. The molecule has 1 amide bonds. The maximum atomic E-state index is 12.0. The average molecular weight is 346 g/mol. The summed E-state index contributed by atoms with van der Waals surface area (Å²) in [5.74, 6) is -0.222. The van der Waals surface area contributed by atoms with Gasteiger partial charge in [0.2, 0.25) is 0 Å². The molecule has 0 fully saturated rings. The molecule has 0 unspecified atom stereocenters. The van der Waals surface area contributed by atoms with Crippen molar-refractivity contribution in [3.63, 3.8) is 0 Å². The number of hydrogen-bond acceptors (Lipinski definition) is 5. The third-order valence-corrected chi connectivity index (χ3v) is 3.42. The fourth-order valence-electron chi connectivity index (χ4n) is 1.88. The van der Waals surface area contributed by atoms with Crippen LogP contribution in [-0.2, 0) is 4.79 Å². The smallest absolute Gasteiger partial charge is 0.271 e. The molecule has 0 aromatic heterocycles. The average Bonchev–Trinajstić information content (AvgIpc) is 2.55. The van der Waals surface area contributed by atoms with Crippen molar-refractivity contribution < 1.29 is 14.5 Å². The van der Waals surface area contributed by atoms with Crippen molar-refractivity contribution in [2.75, 3.05) is 11.9 Å². The van der Waals surface area contributed by atoms with E-state index < -0.39 is 10.8 Å². The number of benzene rings is 2. The monoisotopic (exact) mass is 345 g/mol. The summed E-state index contributed by atoms with van der Waals surface area (Å²) in [6.45, 7) is 1.39. The number of nitrogens with one attached hydrogen (secondary N) is 1. The minimum absolute atomic E-state index is 0.119. The number of nitro benzene ring substituents is 1. The van der Waals surface area contributed by atoms with Crippen LogP contribution >= 0.6 is 11.6 Å². The number of halogens is 1. The molecule has 2 aromatic rings. The first-order valence-electron chi connectivity index (χ1n) is 6.78. The molecule has 0 bridgehead atoms. The highest BCUT2D eigenvalue weighted by Gasteiger charge is 2.12. The molecular weight excluding hydrogens is 334 g/mol. The second kappa shape index (κ2) is 7.44. The van der Waals surface area contributed by atoms with Gasteiger partial charge < -0.3 is 10.1 Å². The summed E-state index contributed by atoms with van der Waals surface area (Å²) < 4.78 is 5.30. The lowest BCUT2D eigenvalue weighted by Gasteiger charge is -2.10. The van der Waals surface area contributed by atoms with E-state index >= 15 is 0 Å². The molecule has 2 rings (SSSR count). The van der Waals surface area contributed by atoms with Crippen molar-refractivity contribution in [1.82, 2.24) is 0 Å². The van der Waals surface area contributed by atoms with Crippen LogP contribution in [0, 0.1) is 28.4 Å². The van der Waals surface area contributed by atoms with Crippen LogP contribution in [0.15, 0.2) is 36.4 Å². The van der Waals surface area contributed by atoms with E-state index in [2.05, 4.69) is 5.32 Å². The topological polar surface area (TPSA) is 105 Å². The van der Waals surface area contributed by atoms with E-state index in [0.717, 1.165) is 0 Å². The minimum atomic E-state index is -0.540. The summed E-state index contributed by atoms with van der Waals surface area (Å²) in [5.41, 5.74) is 1.28. The first-order valence-corrected chi connectivity index (χ1v) is 7.16. The van der Waals surface area contributed by atoms with Gasteiger partial charge in [-0.2, -0.15) is 5.26 Å². The lowest BCUT2D eigenvalue weighted by molar-refractivity contribution is -0.384. The summed E-state index contributed by atoms with van der Waals surface area (Å²) in [6.07, 6.45) is 0. The number of non-ortho nitro benzene ring substituents is 1. The second-order valence-electron chi connectivity index (χ2n) is 4.85. The first kappa shape index (κ1) is 17.2. The van der Waals surface area contributed by atoms with Gasteiger partial charge in [-0.1, -0.05) is 17.7 Å². The van der Waals surface area contributed by atoms with Crippen molar-refractivity contribution >= 4 is 28.9 Å².